The van der Waals surface area contributed by atoms with Crippen molar-refractivity contribution in [2.24, 2.45) is 0 Å². The first-order valence-electron chi connectivity index (χ1n) is 8.04. The molecule has 0 aliphatic heterocycles. The third-order valence-corrected chi connectivity index (χ3v) is 4.14. The summed E-state index contributed by atoms with van der Waals surface area (Å²) in [6.07, 6.45) is -3.65. The van der Waals surface area contributed by atoms with Crippen molar-refractivity contribution in [2.75, 3.05) is 12.4 Å². The largest absolute Gasteiger partial charge is 0.497 e. The molecular formula is C19H17ClF3NO3. The number of carbonyl (C=O) groups is 2. The molecule has 144 valence electrons. The van der Waals surface area contributed by atoms with Crippen LogP contribution in [-0.2, 0) is 22.2 Å². The van der Waals surface area contributed by atoms with Gasteiger partial charge in [-0.05, 0) is 48.7 Å². The summed E-state index contributed by atoms with van der Waals surface area (Å²) < 4.78 is 43.5. The first-order chi connectivity index (χ1) is 12.7. The van der Waals surface area contributed by atoms with Crippen molar-refractivity contribution in [1.82, 2.24) is 0 Å². The van der Waals surface area contributed by atoms with Crippen molar-refractivity contribution in [3.8, 4) is 5.75 Å². The third kappa shape index (κ3) is 5.99. The summed E-state index contributed by atoms with van der Waals surface area (Å²) in [6.45, 7) is 0. The predicted octanol–water partition coefficient (Wildman–Crippen LogP) is 4.90. The average Bonchev–Trinajstić information content (AvgIpc) is 2.62. The maximum Gasteiger partial charge on any atom is 0.417 e. The van der Waals surface area contributed by atoms with E-state index in [-0.39, 0.29) is 12.1 Å². The van der Waals surface area contributed by atoms with Crippen LogP contribution in [0.5, 0.6) is 5.75 Å². The Balaban J connectivity index is 1.89. The molecule has 1 N–H and O–H groups in total. The Morgan fingerprint density at radius 2 is 1.78 bits per heavy atom. The summed E-state index contributed by atoms with van der Waals surface area (Å²) in [6, 6.07) is 10.2. The van der Waals surface area contributed by atoms with Gasteiger partial charge in [0.2, 0.25) is 5.78 Å². The smallest absolute Gasteiger partial charge is 0.417 e. The molecule has 8 heteroatoms. The molecule has 2 aromatic carbocycles. The number of rotatable bonds is 7. The van der Waals surface area contributed by atoms with Crippen LogP contribution in [0.15, 0.2) is 42.5 Å². The summed E-state index contributed by atoms with van der Waals surface area (Å²) in [5.41, 5.74) is -0.231. The molecule has 0 saturated heterocycles. The molecule has 4 nitrogen and oxygen atoms in total. The fourth-order valence-corrected chi connectivity index (χ4v) is 2.60. The van der Waals surface area contributed by atoms with E-state index in [1.807, 2.05) is 12.1 Å². The predicted molar refractivity (Wildman–Crippen MR) is 96.0 cm³/mol. The molecule has 0 saturated carbocycles. The number of aryl methyl sites for hydroxylation is 1. The van der Waals surface area contributed by atoms with Gasteiger partial charge in [-0.3, -0.25) is 9.59 Å². The van der Waals surface area contributed by atoms with Crippen molar-refractivity contribution in [2.45, 2.75) is 25.4 Å². The highest BCUT2D eigenvalue weighted by Crippen LogP contribution is 2.36. The Kier molecular flexibility index (Phi) is 6.85. The number of alkyl halides is 3. The molecule has 0 aliphatic rings. The number of anilines is 1. The molecule has 0 heterocycles. The quantitative estimate of drug-likeness (QED) is 0.674. The Hall–Kier alpha value is -2.54. The van der Waals surface area contributed by atoms with E-state index in [9.17, 15) is 22.8 Å². The number of ether oxygens (including phenoxy) is 1. The van der Waals surface area contributed by atoms with E-state index in [0.717, 1.165) is 17.4 Å². The van der Waals surface area contributed by atoms with E-state index >= 15 is 0 Å². The fraction of sp³-hybridized carbons (Fsp3) is 0.263. The number of halogens is 4. The number of hydrogen-bond acceptors (Lipinski definition) is 3. The number of amides is 1. The van der Waals surface area contributed by atoms with E-state index in [4.69, 9.17) is 16.3 Å². The Morgan fingerprint density at radius 1 is 1.11 bits per heavy atom. The monoisotopic (exact) mass is 399 g/mol. The van der Waals surface area contributed by atoms with Gasteiger partial charge in [0.05, 0.1) is 17.7 Å². The molecule has 0 bridgehead atoms. The highest BCUT2D eigenvalue weighted by molar-refractivity contribution is 6.40. The van der Waals surface area contributed by atoms with Crippen molar-refractivity contribution in [3.63, 3.8) is 0 Å². The van der Waals surface area contributed by atoms with E-state index in [1.165, 1.54) is 6.07 Å². The van der Waals surface area contributed by atoms with Crippen LogP contribution in [-0.4, -0.2) is 18.8 Å². The molecule has 0 spiro atoms. The second-order valence-electron chi connectivity index (χ2n) is 5.77. The molecule has 0 aliphatic carbocycles. The van der Waals surface area contributed by atoms with Gasteiger partial charge in [-0.15, -0.1) is 0 Å². The molecule has 2 rings (SSSR count). The summed E-state index contributed by atoms with van der Waals surface area (Å²) in [4.78, 5) is 23.8. The number of hydrogen-bond donors (Lipinski definition) is 1. The van der Waals surface area contributed by atoms with Gasteiger partial charge in [-0.1, -0.05) is 23.7 Å². The van der Waals surface area contributed by atoms with Crippen LogP contribution in [0.3, 0.4) is 0 Å². The van der Waals surface area contributed by atoms with Gasteiger partial charge < -0.3 is 10.1 Å². The molecule has 27 heavy (non-hydrogen) atoms. The lowest BCUT2D eigenvalue weighted by Crippen LogP contribution is -2.23. The highest BCUT2D eigenvalue weighted by atomic mass is 35.5. The van der Waals surface area contributed by atoms with E-state index < -0.39 is 28.5 Å². The number of Topliss-reactive ketones (excluding diaryl/α,β-unsaturated/α-hetero) is 1. The van der Waals surface area contributed by atoms with Crippen LogP contribution in [0.2, 0.25) is 5.02 Å². The van der Waals surface area contributed by atoms with Crippen molar-refractivity contribution >= 4 is 29.0 Å². The summed E-state index contributed by atoms with van der Waals surface area (Å²) in [5, 5.41) is 1.70. The van der Waals surface area contributed by atoms with Gasteiger partial charge in [-0.2, -0.15) is 13.2 Å². The van der Waals surface area contributed by atoms with E-state index in [0.29, 0.717) is 18.9 Å². The maximum atomic E-state index is 12.8. The second kappa shape index (κ2) is 8.90. The van der Waals surface area contributed by atoms with Gasteiger partial charge in [0.25, 0.3) is 5.91 Å². The first-order valence-corrected chi connectivity index (χ1v) is 8.42. The topological polar surface area (TPSA) is 55.4 Å². The summed E-state index contributed by atoms with van der Waals surface area (Å²) >= 11 is 5.52. The lowest BCUT2D eigenvalue weighted by molar-refractivity contribution is -0.137. The molecule has 0 aromatic heterocycles. The van der Waals surface area contributed by atoms with Crippen molar-refractivity contribution < 1.29 is 27.5 Å². The van der Waals surface area contributed by atoms with Crippen LogP contribution in [0.4, 0.5) is 18.9 Å². The summed E-state index contributed by atoms with van der Waals surface area (Å²) in [7, 11) is 1.56. The zero-order chi connectivity index (χ0) is 20.0. The van der Waals surface area contributed by atoms with Gasteiger partial charge in [0.15, 0.2) is 0 Å². The minimum absolute atomic E-state index is 0.0163. The average molecular weight is 400 g/mol. The Labute approximate surface area is 159 Å². The van der Waals surface area contributed by atoms with Crippen LogP contribution in [0.1, 0.15) is 24.0 Å². The zero-order valence-electron chi connectivity index (χ0n) is 14.4. The molecule has 2 aromatic rings. The normalized spacial score (nSPS) is 11.1. The third-order valence-electron chi connectivity index (χ3n) is 3.81. The Bertz CT molecular complexity index is 820. The van der Waals surface area contributed by atoms with Crippen LogP contribution in [0.25, 0.3) is 0 Å². The fourth-order valence-electron chi connectivity index (χ4n) is 2.38. The lowest BCUT2D eigenvalue weighted by Gasteiger charge is -2.11. The molecule has 1 amide bonds. The van der Waals surface area contributed by atoms with Crippen LogP contribution < -0.4 is 10.1 Å². The number of methoxy groups -OCH3 is 1. The van der Waals surface area contributed by atoms with Crippen LogP contribution >= 0.6 is 11.6 Å². The van der Waals surface area contributed by atoms with Gasteiger partial charge in [-0.25, -0.2) is 0 Å². The van der Waals surface area contributed by atoms with Gasteiger partial charge in [0, 0.05) is 12.1 Å². The summed E-state index contributed by atoms with van der Waals surface area (Å²) in [5.74, 6) is -0.942. The lowest BCUT2D eigenvalue weighted by atomic mass is 10.1. The standard InChI is InChI=1S/C19H17ClF3NO3/c1-27-14-8-5-12(6-9-14)3-2-4-17(25)18(26)24-13-7-10-16(20)15(11-13)19(21,22)23/h5-11H,2-4H2,1H3,(H,24,26). The molecule has 0 radical (unpaired) electrons. The number of carbonyl (C=O) groups excluding carboxylic acids is 2. The molecular weight excluding hydrogens is 383 g/mol. The van der Waals surface area contributed by atoms with E-state index in [2.05, 4.69) is 5.32 Å². The van der Waals surface area contributed by atoms with Crippen LogP contribution in [0, 0.1) is 0 Å². The Morgan fingerprint density at radius 3 is 2.37 bits per heavy atom. The highest BCUT2D eigenvalue weighted by Gasteiger charge is 2.33. The van der Waals surface area contributed by atoms with Crippen molar-refractivity contribution in [1.29, 1.82) is 0 Å². The zero-order valence-corrected chi connectivity index (χ0v) is 15.2. The minimum Gasteiger partial charge on any atom is -0.497 e. The maximum absolute atomic E-state index is 12.8. The first kappa shape index (κ1) is 20.8. The minimum atomic E-state index is -4.65. The van der Waals surface area contributed by atoms with E-state index in [1.54, 1.807) is 19.2 Å². The number of nitrogens with one attached hydrogen (secondary N) is 1. The molecule has 0 unspecified atom stereocenters. The van der Waals surface area contributed by atoms with Gasteiger partial charge >= 0.3 is 6.18 Å². The second-order valence-corrected chi connectivity index (χ2v) is 6.18. The van der Waals surface area contributed by atoms with Gasteiger partial charge in [0.1, 0.15) is 5.75 Å². The SMILES string of the molecule is COc1ccc(CCCC(=O)C(=O)Nc2ccc(Cl)c(C(F)(F)F)c2)cc1. The molecule has 0 fully saturated rings. The molecule has 0 atom stereocenters. The number of benzene rings is 2. The van der Waals surface area contributed by atoms with Crippen molar-refractivity contribution in [3.05, 3.63) is 58.6 Å². The number of ketones is 1.